The molecule has 12 heteroatoms. The van der Waals surface area contributed by atoms with Crippen LogP contribution in [0.15, 0.2) is 36.4 Å². The number of carboxylic acids is 1. The van der Waals surface area contributed by atoms with Crippen molar-refractivity contribution < 1.29 is 38.1 Å². The second-order valence-corrected chi connectivity index (χ2v) is 9.91. The summed E-state index contributed by atoms with van der Waals surface area (Å²) in [5, 5.41) is 33.4. The van der Waals surface area contributed by atoms with Gasteiger partial charge in [0.25, 0.3) is 0 Å². The molecular formula is C26H28F3N3O5S. The van der Waals surface area contributed by atoms with Gasteiger partial charge in [-0.2, -0.15) is 13.2 Å². The van der Waals surface area contributed by atoms with Gasteiger partial charge < -0.3 is 26.0 Å². The third kappa shape index (κ3) is 7.60. The topological polar surface area (TPSA) is 132 Å². The molecule has 1 heterocycles. The highest BCUT2D eigenvalue weighted by atomic mass is 32.1. The number of carboxylic acid groups (broad SMARTS) is 1. The number of aromatic hydroxyl groups is 2. The van der Waals surface area contributed by atoms with E-state index >= 15 is 0 Å². The van der Waals surface area contributed by atoms with E-state index in [-0.39, 0.29) is 23.3 Å². The lowest BCUT2D eigenvalue weighted by molar-refractivity contribution is -0.192. The minimum absolute atomic E-state index is 0.0845. The smallest absolute Gasteiger partial charge is 0.490 e. The first-order valence-corrected chi connectivity index (χ1v) is 12.6. The molecule has 1 aromatic heterocycles. The van der Waals surface area contributed by atoms with Crippen LogP contribution in [0.4, 0.5) is 24.0 Å². The summed E-state index contributed by atoms with van der Waals surface area (Å²) in [6, 6.07) is 11.0. The maximum absolute atomic E-state index is 12.4. The second kappa shape index (κ2) is 12.2. The number of nitrogens with one attached hydrogen (secondary N) is 2. The monoisotopic (exact) mass is 551 g/mol. The highest BCUT2D eigenvalue weighted by Gasteiger charge is 2.38. The number of anilines is 2. The van der Waals surface area contributed by atoms with Gasteiger partial charge in [-0.15, -0.1) is 0 Å². The Hall–Kier alpha value is -3.80. The molecule has 0 saturated heterocycles. The van der Waals surface area contributed by atoms with Gasteiger partial charge in [-0.3, -0.25) is 4.79 Å². The average molecular weight is 552 g/mol. The van der Waals surface area contributed by atoms with Crippen molar-refractivity contribution in [3.8, 4) is 21.9 Å². The standard InChI is InChI=1S/C24H27N3O3S.C2HF3O2/c1-14-7-9-18(12-19(14)25-13-16-8-10-20(28)21(29)11-16)22-15(2)26-24(31-22)27-23(30)17-5-3-4-6-17;3-2(4,5)1(6)7/h7-12,17,25,28-29H,3-6,13H2,1-2H3,(H,26,27,30);(H,6,7). The van der Waals surface area contributed by atoms with Gasteiger partial charge in [-0.05, 0) is 61.6 Å². The number of alkyl halides is 3. The van der Waals surface area contributed by atoms with Gasteiger partial charge in [-0.25, -0.2) is 9.78 Å². The van der Waals surface area contributed by atoms with Crippen molar-refractivity contribution in [3.63, 3.8) is 0 Å². The van der Waals surface area contributed by atoms with Crippen molar-refractivity contribution >= 4 is 34.0 Å². The Kier molecular flexibility index (Phi) is 9.21. The summed E-state index contributed by atoms with van der Waals surface area (Å²) < 4.78 is 31.7. The third-order valence-corrected chi connectivity index (χ3v) is 7.14. The second-order valence-electron chi connectivity index (χ2n) is 8.91. The summed E-state index contributed by atoms with van der Waals surface area (Å²) in [4.78, 5) is 27.0. The van der Waals surface area contributed by atoms with Crippen LogP contribution in [0, 0.1) is 19.8 Å². The number of hydrogen-bond acceptors (Lipinski definition) is 7. The summed E-state index contributed by atoms with van der Waals surface area (Å²) in [7, 11) is 0. The van der Waals surface area contributed by atoms with Crippen LogP contribution in [0.25, 0.3) is 10.4 Å². The van der Waals surface area contributed by atoms with Crippen LogP contribution in [0.5, 0.6) is 11.5 Å². The molecule has 4 rings (SSSR count). The van der Waals surface area contributed by atoms with Gasteiger partial charge in [0.05, 0.1) is 10.6 Å². The van der Waals surface area contributed by atoms with Gasteiger partial charge in [0, 0.05) is 18.2 Å². The zero-order valence-electron chi connectivity index (χ0n) is 20.7. The van der Waals surface area contributed by atoms with Crippen molar-refractivity contribution in [1.29, 1.82) is 0 Å². The lowest BCUT2D eigenvalue weighted by Gasteiger charge is -2.12. The molecule has 1 amide bonds. The largest absolute Gasteiger partial charge is 0.504 e. The number of aryl methyl sites for hydroxylation is 2. The van der Waals surface area contributed by atoms with Gasteiger partial charge in [0.1, 0.15) is 0 Å². The Bertz CT molecular complexity index is 1300. The zero-order chi connectivity index (χ0) is 28.0. The Labute approximate surface area is 221 Å². The Balaban J connectivity index is 0.000000505. The molecule has 0 spiro atoms. The van der Waals surface area contributed by atoms with E-state index in [0.29, 0.717) is 11.7 Å². The molecule has 1 fully saturated rings. The number of aliphatic carboxylic acids is 1. The molecule has 0 atom stereocenters. The van der Waals surface area contributed by atoms with Crippen LogP contribution < -0.4 is 10.6 Å². The number of rotatable bonds is 6. The highest BCUT2D eigenvalue weighted by molar-refractivity contribution is 7.19. The number of aromatic nitrogens is 1. The fourth-order valence-electron chi connectivity index (χ4n) is 3.94. The van der Waals surface area contributed by atoms with Gasteiger partial charge in [0.15, 0.2) is 16.6 Å². The molecule has 3 aromatic rings. The molecule has 0 radical (unpaired) electrons. The van der Waals surface area contributed by atoms with E-state index in [9.17, 15) is 28.2 Å². The molecule has 8 nitrogen and oxygen atoms in total. The number of amides is 1. The quantitative estimate of drug-likeness (QED) is 0.230. The molecule has 204 valence electrons. The van der Waals surface area contributed by atoms with Crippen molar-refractivity contribution in [2.24, 2.45) is 5.92 Å². The van der Waals surface area contributed by atoms with Crippen LogP contribution in [0.2, 0.25) is 0 Å². The number of phenolic OH excluding ortho intramolecular Hbond substituents is 2. The number of halogens is 3. The summed E-state index contributed by atoms with van der Waals surface area (Å²) in [6.07, 6.45) is -0.893. The van der Waals surface area contributed by atoms with Crippen LogP contribution >= 0.6 is 11.3 Å². The first kappa shape index (κ1) is 28.8. The molecule has 0 bridgehead atoms. The van der Waals surface area contributed by atoms with E-state index in [2.05, 4.69) is 33.8 Å². The van der Waals surface area contributed by atoms with E-state index in [1.165, 1.54) is 17.4 Å². The number of carbonyl (C=O) groups excluding carboxylic acids is 1. The molecule has 2 aromatic carbocycles. The van der Waals surface area contributed by atoms with E-state index < -0.39 is 12.1 Å². The minimum atomic E-state index is -5.08. The zero-order valence-corrected chi connectivity index (χ0v) is 21.5. The SMILES string of the molecule is Cc1ccc(-c2sc(NC(=O)C3CCCC3)nc2C)cc1NCc1ccc(O)c(O)c1.O=C(O)C(F)(F)F. The predicted molar refractivity (Wildman–Crippen MR) is 138 cm³/mol. The van der Waals surface area contributed by atoms with Crippen LogP contribution in [0.3, 0.4) is 0 Å². The van der Waals surface area contributed by atoms with Crippen molar-refractivity contribution in [2.45, 2.75) is 52.3 Å². The van der Waals surface area contributed by atoms with E-state index in [1.54, 1.807) is 12.1 Å². The fraction of sp³-hybridized carbons (Fsp3) is 0.346. The Morgan fingerprint density at radius 1 is 1.05 bits per heavy atom. The van der Waals surface area contributed by atoms with Crippen LogP contribution in [-0.4, -0.2) is 38.4 Å². The summed E-state index contributed by atoms with van der Waals surface area (Å²) in [6.45, 7) is 4.51. The number of benzene rings is 2. The van der Waals surface area contributed by atoms with E-state index in [0.717, 1.165) is 58.6 Å². The number of carbonyl (C=O) groups is 2. The summed E-state index contributed by atoms with van der Waals surface area (Å²) in [5.41, 5.74) is 4.88. The van der Waals surface area contributed by atoms with E-state index in [1.807, 2.05) is 13.8 Å². The fourth-order valence-corrected chi connectivity index (χ4v) is 4.91. The maximum atomic E-state index is 12.4. The summed E-state index contributed by atoms with van der Waals surface area (Å²) in [5.74, 6) is -2.81. The van der Waals surface area contributed by atoms with Crippen molar-refractivity contribution in [2.75, 3.05) is 10.6 Å². The van der Waals surface area contributed by atoms with Crippen LogP contribution in [-0.2, 0) is 16.1 Å². The first-order chi connectivity index (χ1) is 17.8. The van der Waals surface area contributed by atoms with E-state index in [4.69, 9.17) is 9.90 Å². The molecule has 0 aliphatic heterocycles. The minimum Gasteiger partial charge on any atom is -0.504 e. The lowest BCUT2D eigenvalue weighted by Crippen LogP contribution is -2.21. The van der Waals surface area contributed by atoms with Gasteiger partial charge in [0.2, 0.25) is 5.91 Å². The molecule has 38 heavy (non-hydrogen) atoms. The predicted octanol–water partition coefficient (Wildman–Crippen LogP) is 6.21. The van der Waals surface area contributed by atoms with Gasteiger partial charge in [-0.1, -0.05) is 42.4 Å². The average Bonchev–Trinajstić information content (AvgIpc) is 3.51. The van der Waals surface area contributed by atoms with Crippen molar-refractivity contribution in [3.05, 3.63) is 53.2 Å². The molecule has 5 N–H and O–H groups in total. The molecular weight excluding hydrogens is 523 g/mol. The third-order valence-electron chi connectivity index (χ3n) is 6.02. The number of nitrogens with zero attached hydrogens (tertiary/aromatic N) is 1. The molecule has 1 saturated carbocycles. The lowest BCUT2D eigenvalue weighted by atomic mass is 10.1. The first-order valence-electron chi connectivity index (χ1n) is 11.8. The Morgan fingerprint density at radius 3 is 2.32 bits per heavy atom. The van der Waals surface area contributed by atoms with Gasteiger partial charge >= 0.3 is 12.1 Å². The number of hydrogen-bond donors (Lipinski definition) is 5. The highest BCUT2D eigenvalue weighted by Crippen LogP contribution is 2.36. The number of phenols is 2. The summed E-state index contributed by atoms with van der Waals surface area (Å²) >= 11 is 1.50. The molecule has 1 aliphatic carbocycles. The van der Waals surface area contributed by atoms with Crippen molar-refractivity contribution in [1.82, 2.24) is 4.98 Å². The molecule has 0 unspecified atom stereocenters. The molecule has 1 aliphatic rings. The maximum Gasteiger partial charge on any atom is 0.490 e. The number of thiazole rings is 1. The van der Waals surface area contributed by atoms with Crippen LogP contribution in [0.1, 0.15) is 42.5 Å². The normalized spacial score (nSPS) is 13.5. The Morgan fingerprint density at radius 2 is 1.71 bits per heavy atom.